The Morgan fingerprint density at radius 3 is 2.31 bits per heavy atom. The van der Waals surface area contributed by atoms with Gasteiger partial charge in [-0.3, -0.25) is 4.98 Å². The third-order valence-electron chi connectivity index (χ3n) is 4.21. The molecule has 0 atom stereocenters. The molecular weight excluding hydrogens is 322 g/mol. The van der Waals surface area contributed by atoms with Gasteiger partial charge in [-0.2, -0.15) is 0 Å². The van der Waals surface area contributed by atoms with Gasteiger partial charge in [0.25, 0.3) is 0 Å². The van der Waals surface area contributed by atoms with Crippen molar-refractivity contribution in [2.75, 3.05) is 10.6 Å². The van der Waals surface area contributed by atoms with E-state index in [4.69, 9.17) is 0 Å². The zero-order chi connectivity index (χ0) is 17.9. The molecule has 5 heteroatoms. The molecule has 5 nitrogen and oxygen atoms in total. The van der Waals surface area contributed by atoms with Crippen molar-refractivity contribution in [2.24, 2.45) is 0 Å². The highest BCUT2D eigenvalue weighted by molar-refractivity contribution is 5.91. The Kier molecular flexibility index (Phi) is 4.19. The third kappa shape index (κ3) is 3.32. The molecule has 0 saturated heterocycles. The Labute approximate surface area is 152 Å². The van der Waals surface area contributed by atoms with Crippen molar-refractivity contribution in [1.82, 2.24) is 15.0 Å². The van der Waals surface area contributed by atoms with E-state index in [0.717, 1.165) is 28.1 Å². The maximum Gasteiger partial charge on any atom is 0.135 e. The molecule has 0 aliphatic carbocycles. The molecule has 0 fully saturated rings. The third-order valence-corrected chi connectivity index (χ3v) is 4.21. The molecule has 0 aliphatic heterocycles. The van der Waals surface area contributed by atoms with E-state index in [1.807, 2.05) is 36.4 Å². The zero-order valence-corrected chi connectivity index (χ0v) is 14.7. The van der Waals surface area contributed by atoms with Crippen molar-refractivity contribution in [3.05, 3.63) is 78.2 Å². The number of pyridine rings is 1. The van der Waals surface area contributed by atoms with Gasteiger partial charge in [-0.15, -0.1) is 0 Å². The Balaban J connectivity index is 1.61. The van der Waals surface area contributed by atoms with Gasteiger partial charge in [-0.05, 0) is 37.6 Å². The summed E-state index contributed by atoms with van der Waals surface area (Å²) in [5.74, 6) is 1.45. The molecule has 0 amide bonds. The fraction of sp³-hybridized carbons (Fsp3) is 0.0952. The molecule has 0 aliphatic rings. The lowest BCUT2D eigenvalue weighted by Crippen LogP contribution is -2.00. The van der Waals surface area contributed by atoms with Gasteiger partial charge < -0.3 is 10.6 Å². The molecule has 4 rings (SSSR count). The fourth-order valence-corrected chi connectivity index (χ4v) is 2.93. The van der Waals surface area contributed by atoms with E-state index in [1.54, 1.807) is 12.5 Å². The number of nitrogens with zero attached hydrogens (tertiary/aromatic N) is 3. The van der Waals surface area contributed by atoms with Gasteiger partial charge >= 0.3 is 0 Å². The molecule has 0 radical (unpaired) electrons. The number of nitrogens with one attached hydrogen (secondary N) is 2. The van der Waals surface area contributed by atoms with Crippen LogP contribution >= 0.6 is 0 Å². The second-order valence-corrected chi connectivity index (χ2v) is 6.24. The first kappa shape index (κ1) is 16.0. The minimum atomic E-state index is 0.713. The molecule has 2 N–H and O–H groups in total. The topological polar surface area (TPSA) is 62.7 Å². The lowest BCUT2D eigenvalue weighted by atomic mass is 10.1. The summed E-state index contributed by atoms with van der Waals surface area (Å²) in [6.45, 7) is 4.17. The van der Waals surface area contributed by atoms with E-state index in [9.17, 15) is 0 Å². The molecule has 128 valence electrons. The molecule has 2 aromatic carbocycles. The normalized spacial score (nSPS) is 10.7. The van der Waals surface area contributed by atoms with Crippen LogP contribution in [-0.2, 0) is 0 Å². The first-order chi connectivity index (χ1) is 12.7. The first-order valence-electron chi connectivity index (χ1n) is 8.46. The van der Waals surface area contributed by atoms with Crippen molar-refractivity contribution in [3.63, 3.8) is 0 Å². The Hall–Kier alpha value is -3.47. The smallest absolute Gasteiger partial charge is 0.135 e. The van der Waals surface area contributed by atoms with Gasteiger partial charge in [-0.1, -0.05) is 35.9 Å². The van der Waals surface area contributed by atoms with E-state index in [1.165, 1.54) is 11.1 Å². The quantitative estimate of drug-likeness (QED) is 0.539. The minimum absolute atomic E-state index is 0.713. The van der Waals surface area contributed by atoms with Crippen LogP contribution in [-0.4, -0.2) is 15.0 Å². The Morgan fingerprint density at radius 2 is 1.50 bits per heavy atom. The van der Waals surface area contributed by atoms with Gasteiger partial charge in [-0.25, -0.2) is 9.97 Å². The molecule has 2 aromatic heterocycles. The maximum absolute atomic E-state index is 4.47. The highest BCUT2D eigenvalue weighted by Crippen LogP contribution is 2.25. The zero-order valence-electron chi connectivity index (χ0n) is 14.7. The van der Waals surface area contributed by atoms with E-state index in [2.05, 4.69) is 57.6 Å². The summed E-state index contributed by atoms with van der Waals surface area (Å²) in [5, 5.41) is 7.78. The number of para-hydroxylation sites is 1. The van der Waals surface area contributed by atoms with Crippen LogP contribution in [0.2, 0.25) is 0 Å². The number of hydrogen-bond acceptors (Lipinski definition) is 5. The van der Waals surface area contributed by atoms with Crippen LogP contribution in [0.3, 0.4) is 0 Å². The molecule has 2 heterocycles. The van der Waals surface area contributed by atoms with Crippen molar-refractivity contribution < 1.29 is 0 Å². The highest BCUT2D eigenvalue weighted by atomic mass is 15.1. The maximum atomic E-state index is 4.47. The summed E-state index contributed by atoms with van der Waals surface area (Å²) in [5.41, 5.74) is 5.28. The second-order valence-electron chi connectivity index (χ2n) is 6.24. The number of fused-ring (bicyclic) bond motifs is 1. The van der Waals surface area contributed by atoms with Crippen molar-refractivity contribution in [3.8, 4) is 0 Å². The van der Waals surface area contributed by atoms with Gasteiger partial charge in [0.2, 0.25) is 0 Å². The summed E-state index contributed by atoms with van der Waals surface area (Å²) in [7, 11) is 0. The van der Waals surface area contributed by atoms with E-state index in [0.29, 0.717) is 5.82 Å². The monoisotopic (exact) mass is 341 g/mol. The SMILES string of the molecule is Cc1ccc(Nc2cc(Nc3cccc4cccnc34)ncn2)c(C)c1. The second kappa shape index (κ2) is 6.80. The molecule has 4 aromatic rings. The number of anilines is 4. The van der Waals surface area contributed by atoms with Crippen LogP contribution in [0.1, 0.15) is 11.1 Å². The number of benzene rings is 2. The van der Waals surface area contributed by atoms with Crippen molar-refractivity contribution >= 4 is 33.9 Å². The van der Waals surface area contributed by atoms with Gasteiger partial charge in [0.1, 0.15) is 18.0 Å². The standard InChI is InChI=1S/C21H19N5/c1-14-8-9-17(15(2)11-14)25-19-12-20(24-13-23-19)26-18-7-3-5-16-6-4-10-22-21(16)18/h3-13H,1-2H3,(H2,23,24,25,26). The Morgan fingerprint density at radius 1 is 0.731 bits per heavy atom. The molecule has 0 spiro atoms. The van der Waals surface area contributed by atoms with Crippen LogP contribution in [0.15, 0.2) is 67.1 Å². The van der Waals surface area contributed by atoms with Gasteiger partial charge in [0.15, 0.2) is 0 Å². The summed E-state index contributed by atoms with van der Waals surface area (Å²) in [4.78, 5) is 13.1. The van der Waals surface area contributed by atoms with Gasteiger partial charge in [0.05, 0.1) is 11.2 Å². The predicted octanol–water partition coefficient (Wildman–Crippen LogP) is 5.13. The molecule has 0 bridgehead atoms. The average molecular weight is 341 g/mol. The number of hydrogen-bond donors (Lipinski definition) is 2. The number of aromatic nitrogens is 3. The van der Waals surface area contributed by atoms with Crippen LogP contribution in [0, 0.1) is 13.8 Å². The molecular formula is C21H19N5. The van der Waals surface area contributed by atoms with Crippen molar-refractivity contribution in [2.45, 2.75) is 13.8 Å². The van der Waals surface area contributed by atoms with Gasteiger partial charge in [0, 0.05) is 23.3 Å². The summed E-state index contributed by atoms with van der Waals surface area (Å²) in [6.07, 6.45) is 3.34. The summed E-state index contributed by atoms with van der Waals surface area (Å²) >= 11 is 0. The minimum Gasteiger partial charge on any atom is -0.340 e. The van der Waals surface area contributed by atoms with Crippen molar-refractivity contribution in [1.29, 1.82) is 0 Å². The first-order valence-corrected chi connectivity index (χ1v) is 8.46. The lowest BCUT2D eigenvalue weighted by molar-refractivity contribution is 1.16. The number of rotatable bonds is 4. The molecule has 0 unspecified atom stereocenters. The fourth-order valence-electron chi connectivity index (χ4n) is 2.93. The highest BCUT2D eigenvalue weighted by Gasteiger charge is 2.05. The van der Waals surface area contributed by atoms with Crippen LogP contribution in [0.25, 0.3) is 10.9 Å². The van der Waals surface area contributed by atoms with Crippen LogP contribution in [0.4, 0.5) is 23.0 Å². The largest absolute Gasteiger partial charge is 0.340 e. The van der Waals surface area contributed by atoms with Crippen LogP contribution < -0.4 is 10.6 Å². The Bertz CT molecular complexity index is 1070. The average Bonchev–Trinajstić information content (AvgIpc) is 2.65. The summed E-state index contributed by atoms with van der Waals surface area (Å²) in [6, 6.07) is 18.2. The lowest BCUT2D eigenvalue weighted by Gasteiger charge is -2.12. The predicted molar refractivity (Wildman–Crippen MR) is 106 cm³/mol. The molecule has 0 saturated carbocycles. The summed E-state index contributed by atoms with van der Waals surface area (Å²) < 4.78 is 0. The van der Waals surface area contributed by atoms with E-state index < -0.39 is 0 Å². The van der Waals surface area contributed by atoms with E-state index in [-0.39, 0.29) is 0 Å². The number of aryl methyl sites for hydroxylation is 2. The molecule has 26 heavy (non-hydrogen) atoms. The van der Waals surface area contributed by atoms with E-state index >= 15 is 0 Å². The van der Waals surface area contributed by atoms with Crippen LogP contribution in [0.5, 0.6) is 0 Å².